The Labute approximate surface area is 118 Å². The molecule has 9 nitrogen and oxygen atoms in total. The molecule has 0 saturated heterocycles. The Morgan fingerprint density at radius 1 is 1.35 bits per heavy atom. The summed E-state index contributed by atoms with van der Waals surface area (Å²) in [6, 6.07) is 3.24. The minimum Gasteiger partial charge on any atom is -0.358 e. The van der Waals surface area contributed by atoms with E-state index in [1.54, 1.807) is 6.08 Å². The first-order valence-electron chi connectivity index (χ1n) is 5.29. The molecule has 3 N–H and O–H groups in total. The Bertz CT molecular complexity index is 563. The summed E-state index contributed by atoms with van der Waals surface area (Å²) in [7, 11) is 0. The van der Waals surface area contributed by atoms with E-state index >= 15 is 0 Å². The van der Waals surface area contributed by atoms with E-state index in [-0.39, 0.29) is 16.5 Å². The van der Waals surface area contributed by atoms with Crippen molar-refractivity contribution in [3.8, 4) is 0 Å². The second kappa shape index (κ2) is 6.99. The van der Waals surface area contributed by atoms with Gasteiger partial charge in [0.1, 0.15) is 5.69 Å². The van der Waals surface area contributed by atoms with Gasteiger partial charge in [-0.3, -0.25) is 31.1 Å². The van der Waals surface area contributed by atoms with Crippen LogP contribution in [0.2, 0.25) is 0 Å². The van der Waals surface area contributed by atoms with Crippen LogP contribution in [-0.4, -0.2) is 21.5 Å². The molecule has 0 aliphatic heterocycles. The number of hydrogen-bond donors (Lipinski definition) is 3. The molecule has 0 unspecified atom stereocenters. The quantitative estimate of drug-likeness (QED) is 0.312. The molecular weight excluding hydrogens is 286 g/mol. The molecule has 0 fully saturated rings. The monoisotopic (exact) mass is 297 g/mol. The highest BCUT2D eigenvalue weighted by Gasteiger charge is 2.19. The largest absolute Gasteiger partial charge is 0.358 e. The summed E-state index contributed by atoms with van der Waals surface area (Å²) in [5, 5.41) is 24.4. The van der Waals surface area contributed by atoms with E-state index in [9.17, 15) is 20.2 Å². The van der Waals surface area contributed by atoms with E-state index in [0.717, 1.165) is 12.1 Å². The molecule has 0 saturated carbocycles. The molecule has 0 heterocycles. The molecule has 0 radical (unpaired) electrons. The second-order valence-corrected chi connectivity index (χ2v) is 3.87. The van der Waals surface area contributed by atoms with Crippen molar-refractivity contribution in [3.63, 3.8) is 0 Å². The maximum atomic E-state index is 10.9. The third-order valence-electron chi connectivity index (χ3n) is 2.11. The van der Waals surface area contributed by atoms with Crippen molar-refractivity contribution in [1.29, 1.82) is 0 Å². The van der Waals surface area contributed by atoms with Crippen LogP contribution in [0, 0.1) is 20.2 Å². The predicted octanol–water partition coefficient (Wildman–Crippen LogP) is 1.48. The number of nitro groups is 2. The number of nitro benzene ring substituents is 2. The zero-order valence-electron chi connectivity index (χ0n) is 10.2. The van der Waals surface area contributed by atoms with Crippen LogP contribution in [0.15, 0.2) is 30.9 Å². The smallest absolute Gasteiger partial charge is 0.300 e. The third-order valence-corrected chi connectivity index (χ3v) is 2.35. The van der Waals surface area contributed by atoms with Crippen molar-refractivity contribution in [2.75, 3.05) is 12.0 Å². The number of rotatable bonds is 6. The topological polar surface area (TPSA) is 122 Å². The van der Waals surface area contributed by atoms with Crippen molar-refractivity contribution in [3.05, 3.63) is 51.1 Å². The Morgan fingerprint density at radius 2 is 2.05 bits per heavy atom. The fourth-order valence-electron chi connectivity index (χ4n) is 1.22. The van der Waals surface area contributed by atoms with E-state index < -0.39 is 15.5 Å². The highest BCUT2D eigenvalue weighted by molar-refractivity contribution is 7.80. The van der Waals surface area contributed by atoms with Gasteiger partial charge in [-0.2, -0.15) is 0 Å². The third kappa shape index (κ3) is 4.17. The van der Waals surface area contributed by atoms with Gasteiger partial charge in [0.25, 0.3) is 5.69 Å². The van der Waals surface area contributed by atoms with Gasteiger partial charge < -0.3 is 5.32 Å². The number of nitrogens with one attached hydrogen (secondary N) is 3. The van der Waals surface area contributed by atoms with Crippen LogP contribution in [0.5, 0.6) is 0 Å². The van der Waals surface area contributed by atoms with Gasteiger partial charge in [-0.05, 0) is 18.3 Å². The van der Waals surface area contributed by atoms with Crippen molar-refractivity contribution in [2.24, 2.45) is 0 Å². The van der Waals surface area contributed by atoms with E-state index in [0.29, 0.717) is 6.54 Å². The lowest BCUT2D eigenvalue weighted by molar-refractivity contribution is -0.393. The fourth-order valence-corrected chi connectivity index (χ4v) is 1.36. The molecular formula is C10H11N5O4S. The van der Waals surface area contributed by atoms with Crippen LogP contribution in [0.1, 0.15) is 0 Å². The molecule has 0 spiro atoms. The Kier molecular flexibility index (Phi) is 5.35. The standard InChI is InChI=1S/C10H11N5O4S/c1-2-5-11-10(20)13-12-8-4-3-7(14(16)17)6-9(8)15(18)19/h2-4,6,12H,1,5H2,(H2,11,13,20). The molecule has 0 amide bonds. The molecule has 0 aromatic heterocycles. The molecule has 0 aliphatic carbocycles. The average molecular weight is 297 g/mol. The summed E-state index contributed by atoms with van der Waals surface area (Å²) in [6.07, 6.45) is 1.59. The first-order valence-corrected chi connectivity index (χ1v) is 5.70. The van der Waals surface area contributed by atoms with Gasteiger partial charge in [-0.25, -0.2) is 0 Å². The maximum absolute atomic E-state index is 10.9. The molecule has 1 aromatic carbocycles. The first kappa shape index (κ1) is 15.3. The van der Waals surface area contributed by atoms with Gasteiger partial charge in [0.05, 0.1) is 15.9 Å². The van der Waals surface area contributed by atoms with Crippen molar-refractivity contribution in [1.82, 2.24) is 10.7 Å². The lowest BCUT2D eigenvalue weighted by atomic mass is 10.2. The van der Waals surface area contributed by atoms with Crippen LogP contribution in [0.4, 0.5) is 17.1 Å². The second-order valence-electron chi connectivity index (χ2n) is 3.46. The van der Waals surface area contributed by atoms with Gasteiger partial charge >= 0.3 is 5.69 Å². The highest BCUT2D eigenvalue weighted by Crippen LogP contribution is 2.28. The first-order chi connectivity index (χ1) is 9.45. The predicted molar refractivity (Wildman–Crippen MR) is 77.3 cm³/mol. The van der Waals surface area contributed by atoms with Crippen molar-refractivity contribution < 1.29 is 9.85 Å². The molecule has 10 heteroatoms. The molecule has 1 aromatic rings. The van der Waals surface area contributed by atoms with E-state index in [4.69, 9.17) is 12.2 Å². The molecule has 20 heavy (non-hydrogen) atoms. The number of nitrogens with zero attached hydrogens (tertiary/aromatic N) is 2. The van der Waals surface area contributed by atoms with Gasteiger partial charge in [0.15, 0.2) is 5.11 Å². The summed E-state index contributed by atoms with van der Waals surface area (Å²) in [4.78, 5) is 20.0. The summed E-state index contributed by atoms with van der Waals surface area (Å²) >= 11 is 4.88. The van der Waals surface area contributed by atoms with Gasteiger partial charge in [-0.15, -0.1) is 6.58 Å². The minimum atomic E-state index is -0.725. The molecule has 0 atom stereocenters. The minimum absolute atomic E-state index is 0.0587. The van der Waals surface area contributed by atoms with Gasteiger partial charge in [0.2, 0.25) is 0 Å². The fraction of sp³-hybridized carbons (Fsp3) is 0.100. The van der Waals surface area contributed by atoms with Crippen LogP contribution in [-0.2, 0) is 0 Å². The SMILES string of the molecule is C=CCNC(=S)NNc1ccc([N+](=O)[O-])cc1[N+](=O)[O-]. The lowest BCUT2D eigenvalue weighted by Gasteiger charge is -2.11. The van der Waals surface area contributed by atoms with E-state index in [1.165, 1.54) is 6.07 Å². The summed E-state index contributed by atoms with van der Waals surface area (Å²) in [5.74, 6) is 0. The summed E-state index contributed by atoms with van der Waals surface area (Å²) in [6.45, 7) is 3.92. The van der Waals surface area contributed by atoms with Gasteiger partial charge in [0, 0.05) is 12.6 Å². The van der Waals surface area contributed by atoms with Crippen LogP contribution >= 0.6 is 12.2 Å². The maximum Gasteiger partial charge on any atom is 0.300 e. The van der Waals surface area contributed by atoms with Crippen LogP contribution in [0.25, 0.3) is 0 Å². The number of hydrazine groups is 1. The number of non-ortho nitro benzene ring substituents is 1. The van der Waals surface area contributed by atoms with Crippen LogP contribution in [0.3, 0.4) is 0 Å². The number of thiocarbonyl (C=S) groups is 1. The molecule has 1 rings (SSSR count). The van der Waals surface area contributed by atoms with E-state index in [1.807, 2.05) is 0 Å². The zero-order valence-corrected chi connectivity index (χ0v) is 11.0. The normalized spacial score (nSPS) is 9.40. The number of benzene rings is 1. The highest BCUT2D eigenvalue weighted by atomic mass is 32.1. The number of hydrogen-bond acceptors (Lipinski definition) is 6. The molecule has 0 bridgehead atoms. The Balaban J connectivity index is 2.84. The summed E-state index contributed by atoms with van der Waals surface area (Å²) < 4.78 is 0. The summed E-state index contributed by atoms with van der Waals surface area (Å²) in [5.41, 5.74) is 4.30. The Morgan fingerprint density at radius 3 is 2.60 bits per heavy atom. The van der Waals surface area contributed by atoms with Gasteiger partial charge in [-0.1, -0.05) is 6.08 Å². The zero-order chi connectivity index (χ0) is 15.1. The van der Waals surface area contributed by atoms with E-state index in [2.05, 4.69) is 22.7 Å². The molecule has 106 valence electrons. The Hall–Kier alpha value is -2.75. The lowest BCUT2D eigenvalue weighted by Crippen LogP contribution is -2.38. The average Bonchev–Trinajstić information content (AvgIpc) is 2.42. The molecule has 0 aliphatic rings. The van der Waals surface area contributed by atoms with Crippen LogP contribution < -0.4 is 16.2 Å². The number of anilines is 1. The van der Waals surface area contributed by atoms with Crippen molar-refractivity contribution in [2.45, 2.75) is 0 Å². The van der Waals surface area contributed by atoms with Crippen molar-refractivity contribution >= 4 is 34.4 Å².